The van der Waals surface area contributed by atoms with E-state index >= 15 is 0 Å². The molecule has 0 aliphatic carbocycles. The topological polar surface area (TPSA) is 102 Å². The van der Waals surface area contributed by atoms with Crippen molar-refractivity contribution in [1.29, 1.82) is 0 Å². The average molecular weight is 461 g/mol. The lowest BCUT2D eigenvalue weighted by Crippen LogP contribution is -2.45. The second-order valence-corrected chi connectivity index (χ2v) is 8.19. The highest BCUT2D eigenvalue weighted by Gasteiger charge is 2.54. The van der Waals surface area contributed by atoms with Crippen molar-refractivity contribution < 1.29 is 22.7 Å². The van der Waals surface area contributed by atoms with E-state index in [2.05, 4.69) is 20.3 Å². The monoisotopic (exact) mass is 461 g/mol. The molecule has 1 aliphatic heterocycles. The summed E-state index contributed by atoms with van der Waals surface area (Å²) in [5.74, 6) is -5.21. The summed E-state index contributed by atoms with van der Waals surface area (Å²) in [6, 6.07) is 6.58. The molecule has 11 heteroatoms. The Morgan fingerprint density at radius 1 is 1.25 bits per heavy atom. The van der Waals surface area contributed by atoms with Crippen LogP contribution in [0.4, 0.5) is 18.9 Å². The Morgan fingerprint density at radius 2 is 2.06 bits per heavy atom. The highest BCUT2D eigenvalue weighted by atomic mass is 32.1. The fourth-order valence-electron chi connectivity index (χ4n) is 3.27. The Bertz CT molecular complexity index is 1170. The number of alkyl halides is 2. The van der Waals surface area contributed by atoms with Gasteiger partial charge in [0.2, 0.25) is 0 Å². The number of amidine groups is 1. The maximum Gasteiger partial charge on any atom is 0.299 e. The number of pyridine rings is 1. The summed E-state index contributed by atoms with van der Waals surface area (Å²) < 4.78 is 49.1. The Morgan fingerprint density at radius 3 is 2.75 bits per heavy atom. The zero-order chi connectivity index (χ0) is 22.9. The van der Waals surface area contributed by atoms with E-state index in [0.29, 0.717) is 0 Å². The zero-order valence-corrected chi connectivity index (χ0v) is 17.6. The van der Waals surface area contributed by atoms with E-state index < -0.39 is 35.4 Å². The number of ether oxygens (including phenoxy) is 1. The van der Waals surface area contributed by atoms with Gasteiger partial charge in [0.05, 0.1) is 0 Å². The zero-order valence-electron chi connectivity index (χ0n) is 16.8. The van der Waals surface area contributed by atoms with Gasteiger partial charge in [-0.1, -0.05) is 0 Å². The van der Waals surface area contributed by atoms with Crippen molar-refractivity contribution >= 4 is 28.8 Å². The van der Waals surface area contributed by atoms with E-state index in [-0.39, 0.29) is 23.8 Å². The molecule has 0 radical (unpaired) electrons. The molecule has 0 fully saturated rings. The van der Waals surface area contributed by atoms with Crippen LogP contribution in [0.1, 0.15) is 23.0 Å². The summed E-state index contributed by atoms with van der Waals surface area (Å²) >= 11 is 1.43. The molecule has 3 N–H and O–H groups in total. The van der Waals surface area contributed by atoms with Crippen molar-refractivity contribution in [2.24, 2.45) is 10.7 Å². The van der Waals surface area contributed by atoms with Gasteiger partial charge in [-0.2, -0.15) is 0 Å². The maximum absolute atomic E-state index is 14.8. The molecule has 32 heavy (non-hydrogen) atoms. The second kappa shape index (κ2) is 8.32. The van der Waals surface area contributed by atoms with E-state index in [0.717, 1.165) is 29.6 Å². The standard InChI is InChI=1S/C21H18F3N5O2S/c1-20(21(23,24)11-31-10-17(25)29-20)14-8-13(3-4-15(14)22)28-18(30)16-5-2-12(9-27-16)19-26-6-7-32-19/h2-9H,10-11H2,1H3,(H2,25,29)(H,28,30). The molecule has 3 aromatic rings. The highest BCUT2D eigenvalue weighted by Crippen LogP contribution is 2.44. The summed E-state index contributed by atoms with van der Waals surface area (Å²) in [6.07, 6.45) is 3.17. The Balaban J connectivity index is 1.61. The van der Waals surface area contributed by atoms with Crippen molar-refractivity contribution in [2.45, 2.75) is 18.4 Å². The van der Waals surface area contributed by atoms with Gasteiger partial charge in [-0.05, 0) is 37.3 Å². The largest absolute Gasteiger partial charge is 0.385 e. The third-order valence-corrected chi connectivity index (χ3v) is 5.86. The number of anilines is 1. The summed E-state index contributed by atoms with van der Waals surface area (Å²) in [7, 11) is 0. The van der Waals surface area contributed by atoms with Gasteiger partial charge in [0.1, 0.15) is 35.6 Å². The van der Waals surface area contributed by atoms with Crippen LogP contribution in [0.3, 0.4) is 0 Å². The van der Waals surface area contributed by atoms with Crippen LogP contribution in [0.15, 0.2) is 53.1 Å². The van der Waals surface area contributed by atoms with Gasteiger partial charge in [0.25, 0.3) is 11.8 Å². The Kier molecular flexibility index (Phi) is 5.70. The van der Waals surface area contributed by atoms with Crippen LogP contribution in [-0.2, 0) is 10.3 Å². The van der Waals surface area contributed by atoms with Crippen molar-refractivity contribution in [3.05, 3.63) is 65.2 Å². The first-order valence-electron chi connectivity index (χ1n) is 9.47. The number of aliphatic imine (C=N–C) groups is 1. The van der Waals surface area contributed by atoms with Crippen LogP contribution >= 0.6 is 11.3 Å². The highest BCUT2D eigenvalue weighted by molar-refractivity contribution is 7.13. The van der Waals surface area contributed by atoms with Gasteiger partial charge in [0.15, 0.2) is 5.54 Å². The molecule has 1 amide bonds. The molecule has 0 bridgehead atoms. The van der Waals surface area contributed by atoms with E-state index in [1.54, 1.807) is 12.3 Å². The number of thiazole rings is 1. The fourth-order valence-corrected chi connectivity index (χ4v) is 3.90. The number of amides is 1. The maximum atomic E-state index is 14.8. The molecule has 2 aromatic heterocycles. The lowest BCUT2D eigenvalue weighted by atomic mass is 9.85. The number of nitrogens with zero attached hydrogens (tertiary/aromatic N) is 3. The van der Waals surface area contributed by atoms with E-state index in [4.69, 9.17) is 10.5 Å². The lowest BCUT2D eigenvalue weighted by molar-refractivity contribution is -0.116. The van der Waals surface area contributed by atoms with Crippen LogP contribution in [0.2, 0.25) is 0 Å². The predicted molar refractivity (Wildman–Crippen MR) is 114 cm³/mol. The normalized spacial score (nSPS) is 20.3. The van der Waals surface area contributed by atoms with Crippen molar-refractivity contribution in [1.82, 2.24) is 9.97 Å². The first kappa shape index (κ1) is 21.9. The molecule has 1 unspecified atom stereocenters. The summed E-state index contributed by atoms with van der Waals surface area (Å²) in [5, 5.41) is 5.14. The number of aromatic nitrogens is 2. The Labute approximate surface area is 185 Å². The number of hydrogen-bond acceptors (Lipinski definition) is 7. The first-order chi connectivity index (χ1) is 15.2. The van der Waals surface area contributed by atoms with Gasteiger partial charge in [0, 0.05) is 34.6 Å². The number of carbonyl (C=O) groups excluding carboxylic acids is 1. The minimum Gasteiger partial charge on any atom is -0.385 e. The molecule has 166 valence electrons. The lowest BCUT2D eigenvalue weighted by Gasteiger charge is -2.33. The molecular weight excluding hydrogens is 443 g/mol. The Hall–Kier alpha value is -3.31. The van der Waals surface area contributed by atoms with Crippen LogP contribution in [0, 0.1) is 5.82 Å². The van der Waals surface area contributed by atoms with Crippen molar-refractivity contribution in [2.75, 3.05) is 18.5 Å². The molecule has 1 aliphatic rings. The molecule has 1 aromatic carbocycles. The fraction of sp³-hybridized carbons (Fsp3) is 0.238. The number of rotatable bonds is 4. The number of carbonyl (C=O) groups is 1. The third-order valence-electron chi connectivity index (χ3n) is 5.04. The predicted octanol–water partition coefficient (Wildman–Crippen LogP) is 3.83. The number of nitrogens with two attached hydrogens (primary N) is 1. The molecular formula is C21H18F3N5O2S. The van der Waals surface area contributed by atoms with Crippen LogP contribution < -0.4 is 11.1 Å². The quantitative estimate of drug-likeness (QED) is 0.615. The molecule has 7 nitrogen and oxygen atoms in total. The molecule has 0 saturated heterocycles. The van der Waals surface area contributed by atoms with Crippen LogP contribution in [0.25, 0.3) is 10.6 Å². The summed E-state index contributed by atoms with van der Waals surface area (Å²) in [6.45, 7) is -0.178. The van der Waals surface area contributed by atoms with Gasteiger partial charge < -0.3 is 15.8 Å². The molecule has 1 atom stereocenters. The van der Waals surface area contributed by atoms with E-state index in [9.17, 15) is 18.0 Å². The van der Waals surface area contributed by atoms with Gasteiger partial charge >= 0.3 is 0 Å². The SMILES string of the molecule is CC1(c2cc(NC(=O)c3ccc(-c4nccs4)cn3)ccc2F)N=C(N)COCC1(F)F. The second-order valence-electron chi connectivity index (χ2n) is 7.29. The minimum absolute atomic E-state index is 0.0952. The third kappa shape index (κ3) is 4.08. The van der Waals surface area contributed by atoms with Crippen molar-refractivity contribution in [3.63, 3.8) is 0 Å². The van der Waals surface area contributed by atoms with Crippen LogP contribution in [0.5, 0.6) is 0 Å². The summed E-state index contributed by atoms with van der Waals surface area (Å²) in [4.78, 5) is 24.8. The van der Waals surface area contributed by atoms with Gasteiger partial charge in [-0.3, -0.25) is 14.8 Å². The molecule has 4 rings (SSSR count). The van der Waals surface area contributed by atoms with Crippen molar-refractivity contribution in [3.8, 4) is 10.6 Å². The number of benzene rings is 1. The van der Waals surface area contributed by atoms with Crippen LogP contribution in [-0.4, -0.2) is 40.8 Å². The molecule has 0 spiro atoms. The number of halogens is 3. The minimum atomic E-state index is -3.54. The smallest absolute Gasteiger partial charge is 0.299 e. The summed E-state index contributed by atoms with van der Waals surface area (Å²) in [5.41, 5.74) is 3.87. The van der Waals surface area contributed by atoms with Gasteiger partial charge in [-0.15, -0.1) is 11.3 Å². The number of hydrogen-bond donors (Lipinski definition) is 2. The number of nitrogens with one attached hydrogen (secondary N) is 1. The van der Waals surface area contributed by atoms with E-state index in [1.807, 2.05) is 5.38 Å². The van der Waals surface area contributed by atoms with Gasteiger partial charge in [-0.25, -0.2) is 18.2 Å². The molecule has 0 saturated carbocycles. The average Bonchev–Trinajstić information content (AvgIpc) is 3.26. The molecule has 3 heterocycles. The first-order valence-corrected chi connectivity index (χ1v) is 10.3. The van der Waals surface area contributed by atoms with E-state index in [1.165, 1.54) is 29.7 Å².